The van der Waals surface area contributed by atoms with Crippen LogP contribution >= 0.6 is 0 Å². The van der Waals surface area contributed by atoms with Gasteiger partial charge in [0.05, 0.1) is 7.11 Å². The molecule has 98 valence electrons. The highest BCUT2D eigenvalue weighted by atomic mass is 16.5. The largest absolute Gasteiger partial charge is 0.496 e. The summed E-state index contributed by atoms with van der Waals surface area (Å²) in [6.45, 7) is 0.890. The second kappa shape index (κ2) is 4.81. The predicted octanol–water partition coefficient (Wildman–Crippen LogP) is 2.56. The minimum absolute atomic E-state index is 0.729. The van der Waals surface area contributed by atoms with Crippen LogP contribution in [0.1, 0.15) is 31.2 Å². The van der Waals surface area contributed by atoms with Crippen molar-refractivity contribution >= 4 is 5.69 Å². The maximum atomic E-state index is 5.78. The Morgan fingerprint density at radius 2 is 1.94 bits per heavy atom. The van der Waals surface area contributed by atoms with E-state index in [9.17, 15) is 0 Å². The van der Waals surface area contributed by atoms with Crippen molar-refractivity contribution in [1.29, 1.82) is 0 Å². The van der Waals surface area contributed by atoms with Gasteiger partial charge in [-0.05, 0) is 43.6 Å². The third kappa shape index (κ3) is 2.61. The highest BCUT2D eigenvalue weighted by Gasteiger charge is 2.40. The van der Waals surface area contributed by atoms with Crippen LogP contribution in [0, 0.1) is 11.8 Å². The van der Waals surface area contributed by atoms with Gasteiger partial charge in [0, 0.05) is 29.9 Å². The molecule has 3 nitrogen and oxygen atoms in total. The van der Waals surface area contributed by atoms with E-state index in [1.165, 1.54) is 31.2 Å². The van der Waals surface area contributed by atoms with Crippen molar-refractivity contribution in [1.82, 2.24) is 5.32 Å². The normalized spacial score (nSPS) is 19.2. The summed E-state index contributed by atoms with van der Waals surface area (Å²) in [4.78, 5) is 0. The van der Waals surface area contributed by atoms with E-state index in [0.29, 0.717) is 0 Å². The zero-order valence-corrected chi connectivity index (χ0v) is 11.0. The van der Waals surface area contributed by atoms with Crippen LogP contribution < -0.4 is 15.8 Å². The monoisotopic (exact) mass is 246 g/mol. The molecule has 2 aliphatic carbocycles. The number of anilines is 1. The maximum absolute atomic E-state index is 5.78. The lowest BCUT2D eigenvalue weighted by atomic mass is 10.1. The second-order valence-corrected chi connectivity index (χ2v) is 5.65. The third-order valence-electron chi connectivity index (χ3n) is 4.10. The topological polar surface area (TPSA) is 47.3 Å². The Kier molecular flexibility index (Phi) is 3.16. The molecule has 0 saturated heterocycles. The first-order valence-electron chi connectivity index (χ1n) is 6.93. The van der Waals surface area contributed by atoms with Crippen LogP contribution in [0.15, 0.2) is 18.2 Å². The fraction of sp³-hybridized carbons (Fsp3) is 0.600. The van der Waals surface area contributed by atoms with E-state index in [2.05, 4.69) is 11.4 Å². The third-order valence-corrected chi connectivity index (χ3v) is 4.10. The van der Waals surface area contributed by atoms with Crippen molar-refractivity contribution in [3.8, 4) is 5.75 Å². The number of ether oxygens (including phenoxy) is 1. The van der Waals surface area contributed by atoms with Crippen molar-refractivity contribution in [3.05, 3.63) is 23.8 Å². The van der Waals surface area contributed by atoms with Crippen LogP contribution in [-0.4, -0.2) is 13.2 Å². The Bertz CT molecular complexity index is 413. The SMILES string of the molecule is COc1cc(N)ccc1CNC(C1CC1)C1CC1. The van der Waals surface area contributed by atoms with Crippen molar-refractivity contribution in [3.63, 3.8) is 0 Å². The van der Waals surface area contributed by atoms with Gasteiger partial charge in [0.1, 0.15) is 5.75 Å². The molecule has 0 bridgehead atoms. The van der Waals surface area contributed by atoms with Crippen LogP contribution in [0.4, 0.5) is 5.69 Å². The molecule has 1 aromatic carbocycles. The summed E-state index contributed by atoms with van der Waals surface area (Å²) >= 11 is 0. The molecular weight excluding hydrogens is 224 g/mol. The number of rotatable bonds is 6. The molecule has 3 heteroatoms. The van der Waals surface area contributed by atoms with Crippen LogP contribution in [0.2, 0.25) is 0 Å². The van der Waals surface area contributed by atoms with E-state index in [0.717, 1.165) is 35.9 Å². The predicted molar refractivity (Wildman–Crippen MR) is 73.5 cm³/mol. The molecule has 3 N–H and O–H groups in total. The molecule has 2 fully saturated rings. The Hall–Kier alpha value is -1.22. The lowest BCUT2D eigenvalue weighted by molar-refractivity contribution is 0.391. The molecule has 1 aromatic rings. The van der Waals surface area contributed by atoms with E-state index in [-0.39, 0.29) is 0 Å². The molecule has 2 aliphatic rings. The van der Waals surface area contributed by atoms with Gasteiger partial charge in [0.2, 0.25) is 0 Å². The standard InChI is InChI=1S/C15H22N2O/c1-18-14-8-13(16)7-6-12(14)9-17-15(10-2-3-10)11-4-5-11/h6-8,10-11,15,17H,2-5,9,16H2,1H3. The van der Waals surface area contributed by atoms with E-state index in [1.54, 1.807) is 7.11 Å². The summed E-state index contributed by atoms with van der Waals surface area (Å²) in [6.07, 6.45) is 5.64. The molecule has 18 heavy (non-hydrogen) atoms. The molecule has 0 heterocycles. The van der Waals surface area contributed by atoms with Crippen LogP contribution in [0.5, 0.6) is 5.75 Å². The van der Waals surface area contributed by atoms with Gasteiger partial charge in [-0.1, -0.05) is 6.07 Å². The number of hydrogen-bond donors (Lipinski definition) is 2. The number of methoxy groups -OCH3 is 1. The van der Waals surface area contributed by atoms with Gasteiger partial charge in [0.15, 0.2) is 0 Å². The molecule has 3 rings (SSSR count). The van der Waals surface area contributed by atoms with Gasteiger partial charge in [-0.15, -0.1) is 0 Å². The second-order valence-electron chi connectivity index (χ2n) is 5.65. The van der Waals surface area contributed by atoms with Gasteiger partial charge in [-0.25, -0.2) is 0 Å². The highest BCUT2D eigenvalue weighted by Crippen LogP contribution is 2.44. The minimum atomic E-state index is 0.729. The number of nitrogens with one attached hydrogen (secondary N) is 1. The van der Waals surface area contributed by atoms with Gasteiger partial charge >= 0.3 is 0 Å². The summed E-state index contributed by atoms with van der Waals surface area (Å²) in [7, 11) is 1.71. The molecule has 0 aliphatic heterocycles. The Labute approximate surface area is 109 Å². The van der Waals surface area contributed by atoms with E-state index < -0.39 is 0 Å². The minimum Gasteiger partial charge on any atom is -0.496 e. The zero-order chi connectivity index (χ0) is 12.5. The lowest BCUT2D eigenvalue weighted by Crippen LogP contribution is -2.32. The first kappa shape index (κ1) is 11.8. The summed E-state index contributed by atoms with van der Waals surface area (Å²) in [6, 6.07) is 6.65. The van der Waals surface area contributed by atoms with Crippen molar-refractivity contribution in [2.45, 2.75) is 38.3 Å². The van der Waals surface area contributed by atoms with Gasteiger partial charge < -0.3 is 15.8 Å². The maximum Gasteiger partial charge on any atom is 0.125 e. The molecule has 0 radical (unpaired) electrons. The average molecular weight is 246 g/mol. The number of nitrogen functional groups attached to an aromatic ring is 1. The quantitative estimate of drug-likeness (QED) is 0.758. The molecule has 0 spiro atoms. The molecule has 2 saturated carbocycles. The summed E-state index contributed by atoms with van der Waals surface area (Å²) in [5.74, 6) is 2.75. The Morgan fingerprint density at radius 3 is 2.50 bits per heavy atom. The van der Waals surface area contributed by atoms with Crippen LogP contribution in [-0.2, 0) is 6.54 Å². The van der Waals surface area contributed by atoms with Crippen molar-refractivity contribution < 1.29 is 4.74 Å². The number of nitrogens with two attached hydrogens (primary N) is 1. The van der Waals surface area contributed by atoms with Crippen molar-refractivity contribution in [2.24, 2.45) is 11.8 Å². The fourth-order valence-corrected chi connectivity index (χ4v) is 2.76. The number of benzene rings is 1. The Balaban J connectivity index is 1.64. The van der Waals surface area contributed by atoms with Gasteiger partial charge in [-0.3, -0.25) is 0 Å². The summed E-state index contributed by atoms with van der Waals surface area (Å²) in [5, 5.41) is 3.73. The average Bonchev–Trinajstić information content (AvgIpc) is 3.24. The van der Waals surface area contributed by atoms with Crippen LogP contribution in [0.25, 0.3) is 0 Å². The zero-order valence-electron chi connectivity index (χ0n) is 11.0. The molecular formula is C15H22N2O. The first-order valence-corrected chi connectivity index (χ1v) is 6.93. The van der Waals surface area contributed by atoms with Gasteiger partial charge in [0.25, 0.3) is 0 Å². The fourth-order valence-electron chi connectivity index (χ4n) is 2.76. The lowest BCUT2D eigenvalue weighted by Gasteiger charge is -2.18. The van der Waals surface area contributed by atoms with Crippen molar-refractivity contribution in [2.75, 3.05) is 12.8 Å². The van der Waals surface area contributed by atoms with E-state index >= 15 is 0 Å². The van der Waals surface area contributed by atoms with Crippen LogP contribution in [0.3, 0.4) is 0 Å². The molecule has 0 aromatic heterocycles. The van der Waals surface area contributed by atoms with E-state index in [1.807, 2.05) is 12.1 Å². The first-order chi connectivity index (χ1) is 8.78. The summed E-state index contributed by atoms with van der Waals surface area (Å²) < 4.78 is 5.39. The van der Waals surface area contributed by atoms with E-state index in [4.69, 9.17) is 10.5 Å². The Morgan fingerprint density at radius 1 is 1.28 bits per heavy atom. The smallest absolute Gasteiger partial charge is 0.125 e. The number of hydrogen-bond acceptors (Lipinski definition) is 3. The highest BCUT2D eigenvalue weighted by molar-refractivity contribution is 5.48. The summed E-state index contributed by atoms with van der Waals surface area (Å²) in [5.41, 5.74) is 7.74. The molecule has 0 atom stereocenters. The molecule has 0 unspecified atom stereocenters. The van der Waals surface area contributed by atoms with Gasteiger partial charge in [-0.2, -0.15) is 0 Å². The molecule has 0 amide bonds.